The van der Waals surface area contributed by atoms with Crippen LogP contribution in [-0.2, 0) is 4.79 Å². The zero-order valence-corrected chi connectivity index (χ0v) is 14.4. The molecule has 0 aliphatic heterocycles. The highest BCUT2D eigenvalue weighted by atomic mass is 16.2. The summed E-state index contributed by atoms with van der Waals surface area (Å²) in [5, 5.41) is 5.54. The van der Waals surface area contributed by atoms with Crippen molar-refractivity contribution < 1.29 is 9.59 Å². The monoisotopic (exact) mass is 324 g/mol. The molecule has 0 aromatic heterocycles. The molecule has 0 saturated heterocycles. The summed E-state index contributed by atoms with van der Waals surface area (Å²) >= 11 is 0. The average Bonchev–Trinajstić information content (AvgIpc) is 2.62. The molecule has 24 heavy (non-hydrogen) atoms. The van der Waals surface area contributed by atoms with E-state index in [0.29, 0.717) is 11.3 Å². The predicted octanol–water partition coefficient (Wildman–Crippen LogP) is 3.81. The highest BCUT2D eigenvalue weighted by Crippen LogP contribution is 2.28. The minimum Gasteiger partial charge on any atom is -0.355 e. The van der Waals surface area contributed by atoms with E-state index in [1.54, 1.807) is 31.3 Å². The first-order valence-corrected chi connectivity index (χ1v) is 8.24. The van der Waals surface area contributed by atoms with Crippen molar-refractivity contribution in [2.75, 3.05) is 12.4 Å². The van der Waals surface area contributed by atoms with Crippen molar-refractivity contribution in [2.45, 2.75) is 26.2 Å². The van der Waals surface area contributed by atoms with Gasteiger partial charge < -0.3 is 10.6 Å². The Morgan fingerprint density at radius 2 is 1.75 bits per heavy atom. The molecular weight excluding hydrogens is 300 g/mol. The van der Waals surface area contributed by atoms with Gasteiger partial charge in [-0.15, -0.1) is 0 Å². The molecule has 0 aliphatic rings. The second-order valence-electron chi connectivity index (χ2n) is 5.92. The Morgan fingerprint density at radius 3 is 2.38 bits per heavy atom. The van der Waals surface area contributed by atoms with Gasteiger partial charge in [0.25, 0.3) is 5.91 Å². The van der Waals surface area contributed by atoms with Gasteiger partial charge in [-0.25, -0.2) is 0 Å². The Balaban J connectivity index is 2.24. The van der Waals surface area contributed by atoms with Gasteiger partial charge in [-0.2, -0.15) is 0 Å². The fourth-order valence-corrected chi connectivity index (χ4v) is 2.74. The lowest BCUT2D eigenvalue weighted by atomic mass is 9.85. The van der Waals surface area contributed by atoms with Crippen molar-refractivity contribution in [2.24, 2.45) is 5.92 Å². The smallest absolute Gasteiger partial charge is 0.251 e. The van der Waals surface area contributed by atoms with E-state index in [2.05, 4.69) is 24.5 Å². The van der Waals surface area contributed by atoms with E-state index >= 15 is 0 Å². The minimum atomic E-state index is -0.222. The summed E-state index contributed by atoms with van der Waals surface area (Å²) in [6.07, 6.45) is 0.908. The normalized spacial score (nSPS) is 13.0. The second-order valence-corrected chi connectivity index (χ2v) is 5.92. The molecule has 0 bridgehead atoms. The molecule has 0 spiro atoms. The van der Waals surface area contributed by atoms with Crippen molar-refractivity contribution in [3.05, 3.63) is 65.7 Å². The summed E-state index contributed by atoms with van der Waals surface area (Å²) in [4.78, 5) is 24.6. The van der Waals surface area contributed by atoms with Gasteiger partial charge in [-0.05, 0) is 29.7 Å². The SMILES string of the molecule is CCC(C)C(C(=O)Nc1cccc(C(=O)NC)c1)c1ccccc1. The molecule has 4 heteroatoms. The summed E-state index contributed by atoms with van der Waals surface area (Å²) in [7, 11) is 1.59. The molecule has 2 atom stereocenters. The Hall–Kier alpha value is -2.62. The minimum absolute atomic E-state index is 0.0513. The van der Waals surface area contributed by atoms with Crippen LogP contribution >= 0.6 is 0 Å². The largest absolute Gasteiger partial charge is 0.355 e. The van der Waals surface area contributed by atoms with E-state index in [0.717, 1.165) is 12.0 Å². The van der Waals surface area contributed by atoms with Crippen LogP contribution in [0.1, 0.15) is 42.1 Å². The first kappa shape index (κ1) is 17.7. The Morgan fingerprint density at radius 1 is 1.04 bits per heavy atom. The van der Waals surface area contributed by atoms with Crippen molar-refractivity contribution in [1.29, 1.82) is 0 Å². The summed E-state index contributed by atoms with van der Waals surface area (Å²) < 4.78 is 0. The molecule has 0 aliphatic carbocycles. The third-order valence-electron chi connectivity index (χ3n) is 4.27. The van der Waals surface area contributed by atoms with E-state index in [1.165, 1.54) is 0 Å². The fraction of sp³-hybridized carbons (Fsp3) is 0.300. The maximum absolute atomic E-state index is 12.9. The van der Waals surface area contributed by atoms with Gasteiger partial charge in [-0.1, -0.05) is 56.7 Å². The molecule has 2 amide bonds. The number of benzene rings is 2. The predicted molar refractivity (Wildman–Crippen MR) is 97.1 cm³/mol. The van der Waals surface area contributed by atoms with E-state index in [-0.39, 0.29) is 23.7 Å². The van der Waals surface area contributed by atoms with Crippen LogP contribution < -0.4 is 10.6 Å². The standard InChI is InChI=1S/C20H24N2O2/c1-4-14(2)18(15-9-6-5-7-10-15)20(24)22-17-12-8-11-16(13-17)19(23)21-3/h5-14,18H,4H2,1-3H3,(H,21,23)(H,22,24). The van der Waals surface area contributed by atoms with Gasteiger partial charge in [0, 0.05) is 18.3 Å². The third-order valence-corrected chi connectivity index (χ3v) is 4.27. The molecule has 0 radical (unpaired) electrons. The lowest BCUT2D eigenvalue weighted by Gasteiger charge is -2.23. The number of nitrogens with one attached hydrogen (secondary N) is 2. The van der Waals surface area contributed by atoms with Crippen LogP contribution in [0.15, 0.2) is 54.6 Å². The van der Waals surface area contributed by atoms with Crippen LogP contribution in [0.5, 0.6) is 0 Å². The average molecular weight is 324 g/mol. The zero-order valence-electron chi connectivity index (χ0n) is 14.4. The van der Waals surface area contributed by atoms with Crippen LogP contribution in [0, 0.1) is 5.92 Å². The Bertz CT molecular complexity index is 698. The molecule has 0 saturated carbocycles. The van der Waals surface area contributed by atoms with Gasteiger partial charge >= 0.3 is 0 Å². The molecule has 4 nitrogen and oxygen atoms in total. The van der Waals surface area contributed by atoms with Crippen molar-refractivity contribution in [1.82, 2.24) is 5.32 Å². The fourth-order valence-electron chi connectivity index (χ4n) is 2.74. The summed E-state index contributed by atoms with van der Waals surface area (Å²) in [5.74, 6) is -0.230. The Kier molecular flexibility index (Phi) is 6.13. The van der Waals surface area contributed by atoms with Crippen molar-refractivity contribution >= 4 is 17.5 Å². The van der Waals surface area contributed by atoms with Gasteiger partial charge in [0.1, 0.15) is 0 Å². The van der Waals surface area contributed by atoms with E-state index in [4.69, 9.17) is 0 Å². The van der Waals surface area contributed by atoms with Crippen LogP contribution in [0.3, 0.4) is 0 Å². The molecule has 2 aromatic carbocycles. The van der Waals surface area contributed by atoms with Gasteiger partial charge in [-0.3, -0.25) is 9.59 Å². The number of anilines is 1. The maximum Gasteiger partial charge on any atom is 0.251 e. The van der Waals surface area contributed by atoms with Crippen molar-refractivity contribution in [3.8, 4) is 0 Å². The van der Waals surface area contributed by atoms with Gasteiger partial charge in [0.15, 0.2) is 0 Å². The quantitative estimate of drug-likeness (QED) is 0.849. The molecule has 0 heterocycles. The van der Waals surface area contributed by atoms with Crippen LogP contribution in [-0.4, -0.2) is 18.9 Å². The van der Waals surface area contributed by atoms with Gasteiger partial charge in [0.2, 0.25) is 5.91 Å². The maximum atomic E-state index is 12.9. The number of hydrogen-bond acceptors (Lipinski definition) is 2. The molecule has 0 fully saturated rings. The first-order chi connectivity index (χ1) is 11.6. The second kappa shape index (κ2) is 8.29. The summed E-state index contributed by atoms with van der Waals surface area (Å²) in [6, 6.07) is 16.8. The first-order valence-electron chi connectivity index (χ1n) is 8.24. The highest BCUT2D eigenvalue weighted by molar-refractivity contribution is 5.99. The van der Waals surface area contributed by atoms with E-state index in [9.17, 15) is 9.59 Å². The molecule has 126 valence electrons. The number of carbonyl (C=O) groups excluding carboxylic acids is 2. The van der Waals surface area contributed by atoms with Crippen LogP contribution in [0.2, 0.25) is 0 Å². The third kappa shape index (κ3) is 4.22. The molecular formula is C20H24N2O2. The highest BCUT2D eigenvalue weighted by Gasteiger charge is 2.25. The number of rotatable bonds is 6. The number of hydrogen-bond donors (Lipinski definition) is 2. The topological polar surface area (TPSA) is 58.2 Å². The number of amides is 2. The lowest BCUT2D eigenvalue weighted by Crippen LogP contribution is -2.26. The molecule has 2 aromatic rings. The summed E-state index contributed by atoms with van der Waals surface area (Å²) in [6.45, 7) is 4.16. The van der Waals surface area contributed by atoms with E-state index in [1.807, 2.05) is 30.3 Å². The van der Waals surface area contributed by atoms with E-state index < -0.39 is 0 Å². The van der Waals surface area contributed by atoms with Gasteiger partial charge in [0.05, 0.1) is 5.92 Å². The Labute approximate surface area is 143 Å². The zero-order chi connectivity index (χ0) is 17.5. The lowest BCUT2D eigenvalue weighted by molar-refractivity contribution is -0.118. The van der Waals surface area contributed by atoms with Crippen molar-refractivity contribution in [3.63, 3.8) is 0 Å². The molecule has 2 N–H and O–H groups in total. The summed E-state index contributed by atoms with van der Waals surface area (Å²) in [5.41, 5.74) is 2.16. The van der Waals surface area contributed by atoms with Crippen LogP contribution in [0.4, 0.5) is 5.69 Å². The molecule has 2 rings (SSSR count). The number of carbonyl (C=O) groups is 2. The molecule has 2 unspecified atom stereocenters. The van der Waals surface area contributed by atoms with Crippen LogP contribution in [0.25, 0.3) is 0 Å².